The van der Waals surface area contributed by atoms with Crippen molar-refractivity contribution in [1.82, 2.24) is 4.72 Å². The average Bonchev–Trinajstić information content (AvgIpc) is 1.98. The smallest absolute Gasteiger partial charge is 1.00 e. The first-order valence-corrected chi connectivity index (χ1v) is 4.99. The first-order chi connectivity index (χ1) is 5.93. The van der Waals surface area contributed by atoms with Gasteiger partial charge in [0.1, 0.15) is 0 Å². The molecule has 0 bridgehead atoms. The SMILES string of the molecule is C=C(C)C(=O)NSC(=S)OC(C)C.[H-].[Na+]. The van der Waals surface area contributed by atoms with Gasteiger partial charge in [-0.25, -0.2) is 0 Å². The third kappa shape index (κ3) is 9.02. The molecule has 1 N–H and O–H groups in total. The van der Waals surface area contributed by atoms with Crippen molar-refractivity contribution < 1.29 is 40.5 Å². The Morgan fingerprint density at radius 1 is 1.64 bits per heavy atom. The molecule has 1 amide bonds. The van der Waals surface area contributed by atoms with E-state index in [2.05, 4.69) is 11.3 Å². The molecule has 0 aromatic heterocycles. The Hall–Kier alpha value is 0.450. The van der Waals surface area contributed by atoms with Gasteiger partial charge in [-0.1, -0.05) is 6.58 Å². The van der Waals surface area contributed by atoms with Crippen LogP contribution in [0.25, 0.3) is 0 Å². The third-order valence-corrected chi connectivity index (χ3v) is 1.84. The minimum absolute atomic E-state index is 0. The van der Waals surface area contributed by atoms with Crippen LogP contribution < -0.4 is 34.3 Å². The van der Waals surface area contributed by atoms with Crippen molar-refractivity contribution in [2.75, 3.05) is 0 Å². The van der Waals surface area contributed by atoms with Crippen LogP contribution in [0, 0.1) is 0 Å². The third-order valence-electron chi connectivity index (χ3n) is 0.947. The van der Waals surface area contributed by atoms with Gasteiger partial charge < -0.3 is 6.16 Å². The van der Waals surface area contributed by atoms with Gasteiger partial charge in [0, 0.05) is 17.5 Å². The molecule has 6 heteroatoms. The van der Waals surface area contributed by atoms with Crippen LogP contribution in [0.1, 0.15) is 22.2 Å². The Kier molecular flexibility index (Phi) is 10.5. The Labute approximate surface area is 118 Å². The molecule has 0 spiro atoms. The zero-order valence-electron chi connectivity index (χ0n) is 9.92. The van der Waals surface area contributed by atoms with Crippen molar-refractivity contribution in [3.63, 3.8) is 0 Å². The molecule has 0 rings (SSSR count). The predicted molar refractivity (Wildman–Crippen MR) is 60.5 cm³/mol. The molecule has 0 aliphatic rings. The van der Waals surface area contributed by atoms with Gasteiger partial charge in [-0.05, 0) is 33.0 Å². The summed E-state index contributed by atoms with van der Waals surface area (Å²) in [7, 11) is 0. The van der Waals surface area contributed by atoms with E-state index in [9.17, 15) is 4.79 Å². The maximum absolute atomic E-state index is 11.0. The summed E-state index contributed by atoms with van der Waals surface area (Å²) in [6.07, 6.45) is 0.0294. The second-order valence-corrected chi connectivity index (χ2v) is 4.14. The van der Waals surface area contributed by atoms with E-state index in [4.69, 9.17) is 17.0 Å². The van der Waals surface area contributed by atoms with Crippen LogP contribution in [-0.4, -0.2) is 16.4 Å². The Balaban J connectivity index is -0.000000720. The van der Waals surface area contributed by atoms with Gasteiger partial charge >= 0.3 is 29.6 Å². The van der Waals surface area contributed by atoms with E-state index in [1.54, 1.807) is 6.92 Å². The summed E-state index contributed by atoms with van der Waals surface area (Å²) in [6.45, 7) is 8.85. The normalized spacial score (nSPS) is 8.86. The molecule has 0 aromatic carbocycles. The molecule has 14 heavy (non-hydrogen) atoms. The van der Waals surface area contributed by atoms with Crippen molar-refractivity contribution in [3.05, 3.63) is 12.2 Å². The average molecular weight is 243 g/mol. The molecule has 0 radical (unpaired) electrons. The van der Waals surface area contributed by atoms with Gasteiger partial charge in [0.15, 0.2) is 0 Å². The van der Waals surface area contributed by atoms with Crippen molar-refractivity contribution >= 4 is 34.5 Å². The quantitative estimate of drug-likeness (QED) is 0.297. The molecule has 0 heterocycles. The summed E-state index contributed by atoms with van der Waals surface area (Å²) in [5.74, 6) is -0.236. The summed E-state index contributed by atoms with van der Waals surface area (Å²) in [5.41, 5.74) is 0.444. The molecule has 3 nitrogen and oxygen atoms in total. The van der Waals surface area contributed by atoms with Crippen LogP contribution >= 0.6 is 24.2 Å². The Morgan fingerprint density at radius 2 is 2.14 bits per heavy atom. The largest absolute Gasteiger partial charge is 1.00 e. The Morgan fingerprint density at radius 3 is 2.50 bits per heavy atom. The Bertz CT molecular complexity index is 237. The molecule has 0 saturated heterocycles. The van der Waals surface area contributed by atoms with Crippen LogP contribution in [0.5, 0.6) is 0 Å². The van der Waals surface area contributed by atoms with Crippen molar-refractivity contribution in [1.29, 1.82) is 0 Å². The van der Waals surface area contributed by atoms with Crippen LogP contribution in [-0.2, 0) is 9.53 Å². The minimum Gasteiger partial charge on any atom is -1.00 e. The fourth-order valence-corrected chi connectivity index (χ4v) is 1.30. The number of hydrogen-bond acceptors (Lipinski definition) is 4. The van der Waals surface area contributed by atoms with Gasteiger partial charge in [-0.2, -0.15) is 0 Å². The molecule has 0 fully saturated rings. The molecule has 0 saturated carbocycles. The number of nitrogens with one attached hydrogen (secondary N) is 1. The molecular formula is C8H14NNaO2S2. The van der Waals surface area contributed by atoms with E-state index in [1.165, 1.54) is 0 Å². The van der Waals surface area contributed by atoms with Gasteiger partial charge in [0.05, 0.1) is 6.10 Å². The summed E-state index contributed by atoms with van der Waals surface area (Å²) in [6, 6.07) is 0. The van der Waals surface area contributed by atoms with Gasteiger partial charge in [0.25, 0.3) is 5.91 Å². The zero-order chi connectivity index (χ0) is 10.4. The van der Waals surface area contributed by atoms with E-state index >= 15 is 0 Å². The second-order valence-electron chi connectivity index (χ2n) is 2.73. The van der Waals surface area contributed by atoms with Gasteiger partial charge in [-0.3, -0.25) is 9.52 Å². The van der Waals surface area contributed by atoms with Crippen molar-refractivity contribution in [3.8, 4) is 0 Å². The van der Waals surface area contributed by atoms with Crippen molar-refractivity contribution in [2.45, 2.75) is 26.9 Å². The number of hydrogen-bond donors (Lipinski definition) is 1. The zero-order valence-corrected chi connectivity index (χ0v) is 12.6. The number of amides is 1. The topological polar surface area (TPSA) is 38.3 Å². The number of carbonyl (C=O) groups is 1. The number of ether oxygens (including phenoxy) is 1. The fourth-order valence-electron chi connectivity index (χ4n) is 0.392. The molecule has 0 aliphatic heterocycles. The standard InChI is InChI=1S/C8H13NO2S2.Na.H/c1-5(2)7(10)9-13-8(12)11-6(3)4;;/h6H,1H2,2-4H3,(H,9,10);;/q;+1;-1. The maximum Gasteiger partial charge on any atom is 1.00 e. The summed E-state index contributed by atoms with van der Waals surface area (Å²) < 4.78 is 7.94. The maximum atomic E-state index is 11.0. The van der Waals surface area contributed by atoms with E-state index in [0.717, 1.165) is 11.9 Å². The summed E-state index contributed by atoms with van der Waals surface area (Å²) in [4.78, 5) is 11.0. The van der Waals surface area contributed by atoms with Crippen LogP contribution in [0.4, 0.5) is 0 Å². The molecule has 76 valence electrons. The van der Waals surface area contributed by atoms with Gasteiger partial charge in [-0.15, -0.1) is 0 Å². The second kappa shape index (κ2) is 8.73. The fraction of sp³-hybridized carbons (Fsp3) is 0.500. The molecule has 0 aliphatic carbocycles. The first-order valence-electron chi connectivity index (χ1n) is 3.76. The summed E-state index contributed by atoms with van der Waals surface area (Å²) in [5, 5.41) is 0. The first kappa shape index (κ1) is 16.9. The van der Waals surface area contributed by atoms with E-state index in [0.29, 0.717) is 9.96 Å². The van der Waals surface area contributed by atoms with Crippen LogP contribution in [0.3, 0.4) is 0 Å². The van der Waals surface area contributed by atoms with Crippen molar-refractivity contribution in [2.24, 2.45) is 0 Å². The molecule has 0 unspecified atom stereocenters. The summed E-state index contributed by atoms with van der Waals surface area (Å²) >= 11 is 5.82. The number of rotatable bonds is 2. The van der Waals surface area contributed by atoms with E-state index < -0.39 is 0 Å². The number of thiocarbonyl (C=S) groups is 1. The molecule has 0 atom stereocenters. The van der Waals surface area contributed by atoms with Gasteiger partial charge in [0.2, 0.25) is 4.38 Å². The van der Waals surface area contributed by atoms with E-state index in [1.807, 2.05) is 13.8 Å². The minimum atomic E-state index is -0.236. The van der Waals surface area contributed by atoms with Crippen LogP contribution in [0.2, 0.25) is 0 Å². The molecule has 0 aromatic rings. The molecular weight excluding hydrogens is 229 g/mol. The number of carbonyl (C=O) groups excluding carboxylic acids is 1. The monoisotopic (exact) mass is 243 g/mol. The predicted octanol–water partition coefficient (Wildman–Crippen LogP) is -0.847. The van der Waals surface area contributed by atoms with E-state index in [-0.39, 0.29) is 43.0 Å². The van der Waals surface area contributed by atoms with Crippen LogP contribution in [0.15, 0.2) is 12.2 Å².